The Labute approximate surface area is 126 Å². The summed E-state index contributed by atoms with van der Waals surface area (Å²) in [5, 5.41) is 2.91. The molecule has 3 rings (SSSR count). The van der Waals surface area contributed by atoms with Crippen LogP contribution < -0.4 is 5.32 Å². The molecule has 0 saturated carbocycles. The first-order chi connectivity index (χ1) is 10.0. The van der Waals surface area contributed by atoms with Crippen molar-refractivity contribution in [1.29, 1.82) is 0 Å². The van der Waals surface area contributed by atoms with Crippen molar-refractivity contribution >= 4 is 38.5 Å². The minimum absolute atomic E-state index is 0.0158. The summed E-state index contributed by atoms with van der Waals surface area (Å²) in [5.74, 6) is -2.47. The maximum Gasteiger partial charge on any atom is 0.291 e. The molecule has 0 unspecified atom stereocenters. The zero-order chi connectivity index (χ0) is 15.0. The summed E-state index contributed by atoms with van der Waals surface area (Å²) in [6.07, 6.45) is 0. The zero-order valence-corrected chi connectivity index (χ0v) is 12.1. The van der Waals surface area contributed by atoms with Crippen LogP contribution in [0.3, 0.4) is 0 Å². The maximum atomic E-state index is 13.7. The lowest BCUT2D eigenvalue weighted by Gasteiger charge is -2.06. The lowest BCUT2D eigenvalue weighted by molar-refractivity contribution is 0.0997. The highest BCUT2D eigenvalue weighted by Gasteiger charge is 2.17. The van der Waals surface area contributed by atoms with E-state index in [0.29, 0.717) is 5.58 Å². The van der Waals surface area contributed by atoms with Crippen molar-refractivity contribution in [2.24, 2.45) is 0 Å². The Morgan fingerprint density at radius 2 is 1.76 bits per heavy atom. The molecule has 0 bridgehead atoms. The smallest absolute Gasteiger partial charge is 0.291 e. The molecule has 0 aliphatic rings. The van der Waals surface area contributed by atoms with Crippen LogP contribution in [-0.2, 0) is 0 Å². The highest BCUT2D eigenvalue weighted by atomic mass is 79.9. The summed E-state index contributed by atoms with van der Waals surface area (Å²) in [6.45, 7) is 0. The van der Waals surface area contributed by atoms with E-state index in [1.807, 2.05) is 0 Å². The first-order valence-electron chi connectivity index (χ1n) is 5.99. The van der Waals surface area contributed by atoms with Gasteiger partial charge in [0.1, 0.15) is 11.3 Å². The van der Waals surface area contributed by atoms with E-state index >= 15 is 0 Å². The molecular formula is C15H8BrF2NO2. The molecule has 0 atom stereocenters. The minimum atomic E-state index is -0.869. The van der Waals surface area contributed by atoms with Crippen LogP contribution in [0.5, 0.6) is 0 Å². The highest BCUT2D eigenvalue weighted by molar-refractivity contribution is 9.10. The van der Waals surface area contributed by atoms with Gasteiger partial charge in [-0.2, -0.15) is 0 Å². The number of furan rings is 1. The van der Waals surface area contributed by atoms with E-state index in [2.05, 4.69) is 21.2 Å². The SMILES string of the molecule is O=C(Nc1c(F)cc(Br)cc1F)c1cc2ccccc2o1. The van der Waals surface area contributed by atoms with Crippen molar-refractivity contribution < 1.29 is 18.0 Å². The number of benzene rings is 2. The highest BCUT2D eigenvalue weighted by Crippen LogP contribution is 2.25. The minimum Gasteiger partial charge on any atom is -0.451 e. The summed E-state index contributed by atoms with van der Waals surface area (Å²) in [4.78, 5) is 12.0. The van der Waals surface area contributed by atoms with Gasteiger partial charge in [-0.05, 0) is 24.3 Å². The molecule has 2 aromatic carbocycles. The number of halogens is 3. The molecule has 0 fully saturated rings. The number of hydrogen-bond donors (Lipinski definition) is 1. The third-order valence-electron chi connectivity index (χ3n) is 2.89. The van der Waals surface area contributed by atoms with Crippen molar-refractivity contribution in [3.05, 3.63) is 64.3 Å². The van der Waals surface area contributed by atoms with Crippen LogP contribution in [0.25, 0.3) is 11.0 Å². The predicted octanol–water partition coefficient (Wildman–Crippen LogP) is 4.73. The van der Waals surface area contributed by atoms with Gasteiger partial charge >= 0.3 is 0 Å². The Morgan fingerprint density at radius 1 is 1.10 bits per heavy atom. The van der Waals surface area contributed by atoms with Crippen molar-refractivity contribution in [3.8, 4) is 0 Å². The second-order valence-corrected chi connectivity index (χ2v) is 5.26. The molecule has 3 nitrogen and oxygen atoms in total. The number of carbonyl (C=O) groups excluding carboxylic acids is 1. The van der Waals surface area contributed by atoms with Crippen LogP contribution in [0.2, 0.25) is 0 Å². The van der Waals surface area contributed by atoms with Gasteiger partial charge in [0, 0.05) is 9.86 Å². The number of hydrogen-bond acceptors (Lipinski definition) is 2. The standard InChI is InChI=1S/C15H8BrF2NO2/c16-9-6-10(17)14(11(18)7-9)19-15(20)13-5-8-3-1-2-4-12(8)21-13/h1-7H,(H,19,20). The number of para-hydroxylation sites is 1. The number of amides is 1. The fourth-order valence-electron chi connectivity index (χ4n) is 1.93. The molecule has 3 aromatic rings. The van der Waals surface area contributed by atoms with Crippen molar-refractivity contribution in [2.75, 3.05) is 5.32 Å². The lowest BCUT2D eigenvalue weighted by Crippen LogP contribution is -2.13. The number of nitrogens with one attached hydrogen (secondary N) is 1. The number of anilines is 1. The summed E-state index contributed by atoms with van der Waals surface area (Å²) >= 11 is 2.97. The van der Waals surface area contributed by atoms with E-state index in [1.54, 1.807) is 24.3 Å². The van der Waals surface area contributed by atoms with E-state index in [4.69, 9.17) is 4.42 Å². The molecule has 106 valence electrons. The average molecular weight is 352 g/mol. The second-order valence-electron chi connectivity index (χ2n) is 4.35. The largest absolute Gasteiger partial charge is 0.451 e. The summed E-state index contributed by atoms with van der Waals surface area (Å²) in [6, 6.07) is 10.7. The van der Waals surface area contributed by atoms with Gasteiger partial charge in [0.05, 0.1) is 0 Å². The maximum absolute atomic E-state index is 13.7. The average Bonchev–Trinajstić information content (AvgIpc) is 2.86. The quantitative estimate of drug-likeness (QED) is 0.725. The van der Waals surface area contributed by atoms with Crippen LogP contribution in [-0.4, -0.2) is 5.91 Å². The molecule has 0 spiro atoms. The predicted molar refractivity (Wildman–Crippen MR) is 78.2 cm³/mol. The molecule has 0 radical (unpaired) electrons. The molecule has 0 aliphatic heterocycles. The Bertz CT molecular complexity index is 789. The first kappa shape index (κ1) is 13.8. The van der Waals surface area contributed by atoms with E-state index in [-0.39, 0.29) is 10.2 Å². The zero-order valence-electron chi connectivity index (χ0n) is 10.5. The fraction of sp³-hybridized carbons (Fsp3) is 0. The van der Waals surface area contributed by atoms with Gasteiger partial charge in [-0.1, -0.05) is 34.1 Å². The van der Waals surface area contributed by atoms with Crippen molar-refractivity contribution in [3.63, 3.8) is 0 Å². The van der Waals surface area contributed by atoms with E-state index in [0.717, 1.165) is 17.5 Å². The molecule has 0 saturated heterocycles. The Hall–Kier alpha value is -2.21. The summed E-state index contributed by atoms with van der Waals surface area (Å²) in [5.41, 5.74) is 0.0167. The van der Waals surface area contributed by atoms with Gasteiger partial charge in [0.15, 0.2) is 17.4 Å². The van der Waals surface area contributed by atoms with Crippen LogP contribution >= 0.6 is 15.9 Å². The third kappa shape index (κ3) is 2.67. The monoisotopic (exact) mass is 351 g/mol. The molecule has 1 N–H and O–H groups in total. The molecule has 0 aliphatic carbocycles. The number of carbonyl (C=O) groups is 1. The van der Waals surface area contributed by atoms with Crippen LogP contribution in [0.4, 0.5) is 14.5 Å². The van der Waals surface area contributed by atoms with E-state index < -0.39 is 23.2 Å². The fourth-order valence-corrected chi connectivity index (χ4v) is 2.33. The van der Waals surface area contributed by atoms with Crippen LogP contribution in [0.15, 0.2) is 51.4 Å². The van der Waals surface area contributed by atoms with E-state index in [1.165, 1.54) is 6.07 Å². The second kappa shape index (κ2) is 5.29. The molecular weight excluding hydrogens is 344 g/mol. The Kier molecular flexibility index (Phi) is 3.47. The van der Waals surface area contributed by atoms with Gasteiger partial charge in [-0.25, -0.2) is 8.78 Å². The summed E-state index contributed by atoms with van der Waals surface area (Å²) < 4.78 is 32.9. The van der Waals surface area contributed by atoms with E-state index in [9.17, 15) is 13.6 Å². The topological polar surface area (TPSA) is 42.2 Å². The lowest BCUT2D eigenvalue weighted by atomic mass is 10.2. The van der Waals surface area contributed by atoms with Crippen molar-refractivity contribution in [1.82, 2.24) is 0 Å². The molecule has 6 heteroatoms. The van der Waals surface area contributed by atoms with Crippen LogP contribution in [0.1, 0.15) is 10.6 Å². The first-order valence-corrected chi connectivity index (χ1v) is 6.78. The molecule has 1 aromatic heterocycles. The van der Waals surface area contributed by atoms with Gasteiger partial charge in [-0.15, -0.1) is 0 Å². The molecule has 21 heavy (non-hydrogen) atoms. The molecule has 1 amide bonds. The summed E-state index contributed by atoms with van der Waals surface area (Å²) in [7, 11) is 0. The third-order valence-corrected chi connectivity index (χ3v) is 3.35. The van der Waals surface area contributed by atoms with Crippen LogP contribution in [0, 0.1) is 11.6 Å². The Morgan fingerprint density at radius 3 is 2.43 bits per heavy atom. The van der Waals surface area contributed by atoms with Gasteiger partial charge in [0.25, 0.3) is 5.91 Å². The Balaban J connectivity index is 1.93. The normalized spacial score (nSPS) is 10.8. The number of fused-ring (bicyclic) bond motifs is 1. The van der Waals surface area contributed by atoms with Gasteiger partial charge < -0.3 is 9.73 Å². The van der Waals surface area contributed by atoms with Gasteiger partial charge in [-0.3, -0.25) is 4.79 Å². The van der Waals surface area contributed by atoms with Gasteiger partial charge in [0.2, 0.25) is 0 Å². The molecule has 1 heterocycles. The number of rotatable bonds is 2. The van der Waals surface area contributed by atoms with Crippen molar-refractivity contribution in [2.45, 2.75) is 0 Å².